The first-order valence-electron chi connectivity index (χ1n) is 9.72. The fraction of sp³-hybridized carbons (Fsp3) is 0.421. The lowest BCUT2D eigenvalue weighted by molar-refractivity contribution is 0.444. The summed E-state index contributed by atoms with van der Waals surface area (Å²) in [6, 6.07) is 3.95. The van der Waals surface area contributed by atoms with E-state index in [0.717, 1.165) is 46.6 Å². The van der Waals surface area contributed by atoms with Gasteiger partial charge in [0.15, 0.2) is 5.65 Å². The lowest BCUT2D eigenvalue weighted by Gasteiger charge is -2.37. The van der Waals surface area contributed by atoms with Crippen LogP contribution in [0.25, 0.3) is 22.2 Å². The van der Waals surface area contributed by atoms with Gasteiger partial charge in [0.25, 0.3) is 0 Å². The first kappa shape index (κ1) is 19.5. The van der Waals surface area contributed by atoms with Crippen molar-refractivity contribution in [2.75, 3.05) is 23.1 Å². The average molecular weight is 446 g/mol. The van der Waals surface area contributed by atoms with Gasteiger partial charge >= 0.3 is 5.69 Å². The molecular formula is C19H23N7O2S2. The van der Waals surface area contributed by atoms with Crippen molar-refractivity contribution in [2.24, 2.45) is 7.05 Å². The first-order valence-corrected chi connectivity index (χ1v) is 12.8. The highest BCUT2D eigenvalue weighted by atomic mass is 32.3. The molecule has 1 aliphatic rings. The molecule has 5 rings (SSSR count). The van der Waals surface area contributed by atoms with Crippen LogP contribution in [0.2, 0.25) is 0 Å². The van der Waals surface area contributed by atoms with Gasteiger partial charge < -0.3 is 9.87 Å². The quantitative estimate of drug-likeness (QED) is 0.497. The zero-order chi connectivity index (χ0) is 21.0. The van der Waals surface area contributed by atoms with E-state index in [1.165, 1.54) is 11.7 Å². The predicted molar refractivity (Wildman–Crippen MR) is 122 cm³/mol. The van der Waals surface area contributed by atoms with E-state index in [2.05, 4.69) is 19.0 Å². The summed E-state index contributed by atoms with van der Waals surface area (Å²) >= 11 is 1.18. The summed E-state index contributed by atoms with van der Waals surface area (Å²) in [5.41, 5.74) is 4.79. The second-order valence-electron chi connectivity index (χ2n) is 8.02. The summed E-state index contributed by atoms with van der Waals surface area (Å²) in [6.07, 6.45) is 5.18. The van der Waals surface area contributed by atoms with Crippen LogP contribution >= 0.6 is 22.0 Å². The normalized spacial score (nSPS) is 24.2. The maximum atomic E-state index is 13.0. The molecule has 9 nitrogen and oxygen atoms in total. The third-order valence-corrected chi connectivity index (χ3v) is 8.61. The van der Waals surface area contributed by atoms with Crippen LogP contribution in [-0.4, -0.2) is 50.2 Å². The Morgan fingerprint density at radius 1 is 1.23 bits per heavy atom. The van der Waals surface area contributed by atoms with E-state index in [-0.39, 0.29) is 11.7 Å². The van der Waals surface area contributed by atoms with Crippen LogP contribution in [0.4, 0.5) is 11.6 Å². The molecule has 0 aliphatic carbocycles. The molecule has 0 saturated carbocycles. The van der Waals surface area contributed by atoms with Crippen molar-refractivity contribution in [3.05, 3.63) is 34.4 Å². The second-order valence-corrected chi connectivity index (χ2v) is 11.8. The van der Waals surface area contributed by atoms with E-state index in [1.54, 1.807) is 22.4 Å². The number of imidazole rings is 1. The van der Waals surface area contributed by atoms with Gasteiger partial charge in [-0.25, -0.2) is 9.78 Å². The highest BCUT2D eigenvalue weighted by molar-refractivity contribution is 8.28. The van der Waals surface area contributed by atoms with Crippen molar-refractivity contribution < 1.29 is 4.55 Å². The molecule has 3 aromatic heterocycles. The Kier molecular flexibility index (Phi) is 4.56. The minimum atomic E-state index is -1.53. The Balaban J connectivity index is 1.54. The van der Waals surface area contributed by atoms with E-state index in [4.69, 9.17) is 4.98 Å². The molecule has 4 heterocycles. The maximum absolute atomic E-state index is 13.0. The van der Waals surface area contributed by atoms with Crippen LogP contribution in [0.15, 0.2) is 23.1 Å². The van der Waals surface area contributed by atoms with E-state index >= 15 is 0 Å². The van der Waals surface area contributed by atoms with E-state index in [1.807, 2.05) is 25.3 Å². The van der Waals surface area contributed by atoms with Gasteiger partial charge in [0.05, 0.1) is 17.9 Å². The fourth-order valence-corrected chi connectivity index (χ4v) is 6.27. The van der Waals surface area contributed by atoms with Crippen LogP contribution in [0.3, 0.4) is 0 Å². The minimum Gasteiger partial charge on any atom is -0.352 e. The molecule has 1 fully saturated rings. The Morgan fingerprint density at radius 3 is 2.67 bits per heavy atom. The number of benzene rings is 1. The summed E-state index contributed by atoms with van der Waals surface area (Å²) in [5.74, 6) is 1.93. The lowest BCUT2D eigenvalue weighted by atomic mass is 10.1. The zero-order valence-electron chi connectivity index (χ0n) is 17.0. The van der Waals surface area contributed by atoms with Gasteiger partial charge in [0, 0.05) is 30.3 Å². The molecule has 0 amide bonds. The zero-order valence-corrected chi connectivity index (χ0v) is 18.6. The van der Waals surface area contributed by atoms with Crippen LogP contribution in [0, 0.1) is 6.92 Å². The topological polar surface area (TPSA) is 111 Å². The molecule has 0 unspecified atom stereocenters. The van der Waals surface area contributed by atoms with E-state index in [9.17, 15) is 9.35 Å². The molecule has 0 atom stereocenters. The highest BCUT2D eigenvalue weighted by Gasteiger charge is 2.29. The molecule has 1 aliphatic heterocycles. The van der Waals surface area contributed by atoms with E-state index < -0.39 is 10.3 Å². The largest absolute Gasteiger partial charge is 0.352 e. The molecule has 158 valence electrons. The number of nitrogens with one attached hydrogen (secondary N) is 1. The summed E-state index contributed by atoms with van der Waals surface area (Å²) in [6.45, 7) is 1.99. The number of aryl methyl sites for hydroxylation is 2. The maximum Gasteiger partial charge on any atom is 0.330 e. The van der Waals surface area contributed by atoms with Crippen molar-refractivity contribution >= 4 is 55.9 Å². The number of nitrogens with zero attached hydrogens (tertiary/aromatic N) is 6. The summed E-state index contributed by atoms with van der Waals surface area (Å²) in [7, 11) is 0.218. The van der Waals surface area contributed by atoms with Gasteiger partial charge in [0.2, 0.25) is 5.95 Å². The Morgan fingerprint density at radius 2 is 1.93 bits per heavy atom. The fourth-order valence-electron chi connectivity index (χ4n) is 4.00. The molecule has 1 saturated heterocycles. The van der Waals surface area contributed by atoms with Gasteiger partial charge in [-0.1, -0.05) is 0 Å². The lowest BCUT2D eigenvalue weighted by Crippen LogP contribution is -2.31. The monoisotopic (exact) mass is 445 g/mol. The van der Waals surface area contributed by atoms with Crippen LogP contribution in [0.1, 0.15) is 24.4 Å². The number of anilines is 2. The van der Waals surface area contributed by atoms with Crippen molar-refractivity contribution in [2.45, 2.75) is 25.8 Å². The highest BCUT2D eigenvalue weighted by Crippen LogP contribution is 2.47. The second kappa shape index (κ2) is 7.03. The summed E-state index contributed by atoms with van der Waals surface area (Å²) < 4.78 is 22.3. The standard InChI is InChI=1S/C19H23N7O2S2/c1-11-8-14-15(24-29-23-14)9-13(11)21-18-20-10-16-17(22-18)26(19(27)25(16)2)12-4-6-30(3,28)7-5-12/h8-10,12,28H,4-7H2,1-3H3,(H,20,21,22). The number of hydrogen-bond donors (Lipinski definition) is 2. The molecule has 1 aromatic carbocycles. The van der Waals surface area contributed by atoms with Crippen molar-refractivity contribution in [3.63, 3.8) is 0 Å². The molecule has 0 radical (unpaired) electrons. The van der Waals surface area contributed by atoms with Gasteiger partial charge in [-0.2, -0.15) is 13.7 Å². The minimum absolute atomic E-state index is 0.0378. The van der Waals surface area contributed by atoms with Crippen LogP contribution in [-0.2, 0) is 7.05 Å². The molecule has 0 spiro atoms. The Hall–Kier alpha value is -2.50. The predicted octanol–water partition coefficient (Wildman–Crippen LogP) is 3.43. The van der Waals surface area contributed by atoms with Gasteiger partial charge in [-0.15, -0.1) is 10.3 Å². The molecule has 30 heavy (non-hydrogen) atoms. The molecule has 0 bridgehead atoms. The van der Waals surface area contributed by atoms with Crippen LogP contribution in [0.5, 0.6) is 0 Å². The number of aromatic nitrogens is 6. The van der Waals surface area contributed by atoms with Crippen molar-refractivity contribution in [1.29, 1.82) is 0 Å². The smallest absolute Gasteiger partial charge is 0.330 e. The Labute approximate surface area is 178 Å². The van der Waals surface area contributed by atoms with Gasteiger partial charge in [-0.05, 0) is 43.7 Å². The van der Waals surface area contributed by atoms with Crippen molar-refractivity contribution in [3.8, 4) is 0 Å². The van der Waals surface area contributed by atoms with E-state index in [0.29, 0.717) is 17.1 Å². The number of hydrogen-bond acceptors (Lipinski definition) is 8. The first-order chi connectivity index (χ1) is 14.3. The molecule has 2 N–H and O–H groups in total. The molecule has 4 aromatic rings. The number of rotatable bonds is 3. The third-order valence-electron chi connectivity index (χ3n) is 5.83. The van der Waals surface area contributed by atoms with Gasteiger partial charge in [0.1, 0.15) is 16.6 Å². The third kappa shape index (κ3) is 3.26. The summed E-state index contributed by atoms with van der Waals surface area (Å²) in [5, 5.41) is 3.27. The summed E-state index contributed by atoms with van der Waals surface area (Å²) in [4.78, 5) is 22.1. The SMILES string of the molecule is Cc1cc2nsnc2cc1Nc1ncc2c(n1)n(C1CCS(C)(O)CC1)c(=O)n2C. The van der Waals surface area contributed by atoms with Gasteiger partial charge in [-0.3, -0.25) is 9.13 Å². The Bertz CT molecular complexity index is 1310. The molecular weight excluding hydrogens is 422 g/mol. The van der Waals surface area contributed by atoms with Crippen LogP contribution < -0.4 is 11.0 Å². The molecule has 11 heteroatoms. The average Bonchev–Trinajstić information content (AvgIpc) is 3.25. The number of fused-ring (bicyclic) bond motifs is 2. The van der Waals surface area contributed by atoms with Crippen molar-refractivity contribution in [1.82, 2.24) is 27.8 Å².